The topological polar surface area (TPSA) is 50.3 Å². The molecule has 0 spiro atoms. The van der Waals surface area contributed by atoms with Crippen LogP contribution in [0.2, 0.25) is 0 Å². The summed E-state index contributed by atoms with van der Waals surface area (Å²) in [6.07, 6.45) is 1.93. The maximum atomic E-state index is 5.16. The first-order chi connectivity index (χ1) is 9.45. The Labute approximate surface area is 122 Å². The van der Waals surface area contributed by atoms with Crippen molar-refractivity contribution in [3.63, 3.8) is 0 Å². The van der Waals surface area contributed by atoms with Crippen molar-refractivity contribution in [2.75, 3.05) is 25.2 Å². The highest BCUT2D eigenvalue weighted by Gasteiger charge is 2.14. The summed E-state index contributed by atoms with van der Waals surface area (Å²) >= 11 is 0. The lowest BCUT2D eigenvalue weighted by Gasteiger charge is -2.26. The van der Waals surface area contributed by atoms with Gasteiger partial charge in [0.25, 0.3) is 0 Å². The summed E-state index contributed by atoms with van der Waals surface area (Å²) in [5.41, 5.74) is 2.18. The molecule has 0 unspecified atom stereocenters. The first-order valence-electron chi connectivity index (χ1n) is 7.27. The van der Waals surface area contributed by atoms with Gasteiger partial charge in [0, 0.05) is 49.7 Å². The quantitative estimate of drug-likeness (QED) is 0.790. The molecule has 0 saturated carbocycles. The average Bonchev–Trinajstić information content (AvgIpc) is 2.37. The minimum absolute atomic E-state index is 0.351. The largest absolute Gasteiger partial charge is 0.383 e. The summed E-state index contributed by atoms with van der Waals surface area (Å²) in [6.45, 7) is 12.9. The van der Waals surface area contributed by atoms with Crippen LogP contribution in [0.25, 0.3) is 0 Å². The number of hydrogen-bond donors (Lipinski definition) is 1. The first-order valence-corrected chi connectivity index (χ1v) is 7.27. The number of anilines is 1. The van der Waals surface area contributed by atoms with Gasteiger partial charge in [0.15, 0.2) is 0 Å². The molecule has 1 rings (SSSR count). The average molecular weight is 280 g/mol. The maximum Gasteiger partial charge on any atom is 0.225 e. The van der Waals surface area contributed by atoms with Gasteiger partial charge in [-0.3, -0.25) is 0 Å². The van der Waals surface area contributed by atoms with Crippen molar-refractivity contribution in [2.24, 2.45) is 0 Å². The predicted molar refractivity (Wildman–Crippen MR) is 83.1 cm³/mol. The Hall–Kier alpha value is -1.20. The van der Waals surface area contributed by atoms with E-state index >= 15 is 0 Å². The molecule has 0 bridgehead atoms. The molecule has 0 atom stereocenters. The van der Waals surface area contributed by atoms with Gasteiger partial charge >= 0.3 is 0 Å². The monoisotopic (exact) mass is 280 g/mol. The molecule has 0 aliphatic carbocycles. The Morgan fingerprint density at radius 3 is 2.50 bits per heavy atom. The lowest BCUT2D eigenvalue weighted by molar-refractivity contribution is 0.203. The molecule has 0 aromatic carbocycles. The number of nitrogens with zero attached hydrogens (tertiary/aromatic N) is 3. The van der Waals surface area contributed by atoms with Gasteiger partial charge in [-0.05, 0) is 20.8 Å². The van der Waals surface area contributed by atoms with Gasteiger partial charge in [0.1, 0.15) is 0 Å². The van der Waals surface area contributed by atoms with E-state index in [1.165, 1.54) is 0 Å². The van der Waals surface area contributed by atoms with Crippen molar-refractivity contribution in [2.45, 2.75) is 53.2 Å². The van der Waals surface area contributed by atoms with Crippen LogP contribution in [-0.4, -0.2) is 42.3 Å². The number of aromatic nitrogens is 2. The third kappa shape index (κ3) is 5.06. The van der Waals surface area contributed by atoms with E-state index < -0.39 is 0 Å². The van der Waals surface area contributed by atoms with Crippen LogP contribution in [0.3, 0.4) is 0 Å². The smallest absolute Gasteiger partial charge is 0.225 e. The Kier molecular flexibility index (Phi) is 6.88. The lowest BCUT2D eigenvalue weighted by Crippen LogP contribution is -2.35. The van der Waals surface area contributed by atoms with Crippen LogP contribution in [-0.2, 0) is 11.3 Å². The molecule has 1 N–H and O–H groups in total. The second kappa shape index (κ2) is 8.17. The summed E-state index contributed by atoms with van der Waals surface area (Å²) in [4.78, 5) is 11.3. The van der Waals surface area contributed by atoms with Gasteiger partial charge in [-0.2, -0.15) is 0 Å². The van der Waals surface area contributed by atoms with E-state index in [0.29, 0.717) is 18.7 Å². The van der Waals surface area contributed by atoms with Crippen molar-refractivity contribution in [3.8, 4) is 0 Å². The fraction of sp³-hybridized carbons (Fsp3) is 0.733. The van der Waals surface area contributed by atoms with E-state index in [2.05, 4.69) is 47.9 Å². The zero-order valence-electron chi connectivity index (χ0n) is 13.6. The van der Waals surface area contributed by atoms with Gasteiger partial charge in [0.2, 0.25) is 5.95 Å². The normalized spacial score (nSPS) is 11.4. The van der Waals surface area contributed by atoms with Crippen LogP contribution in [0.1, 0.15) is 39.0 Å². The fourth-order valence-electron chi connectivity index (χ4n) is 1.88. The van der Waals surface area contributed by atoms with Crippen molar-refractivity contribution >= 4 is 5.95 Å². The highest BCUT2D eigenvalue weighted by molar-refractivity contribution is 5.34. The third-order valence-corrected chi connectivity index (χ3v) is 3.19. The van der Waals surface area contributed by atoms with Gasteiger partial charge in [-0.15, -0.1) is 0 Å². The molecule has 0 aliphatic heterocycles. The van der Waals surface area contributed by atoms with E-state index in [0.717, 1.165) is 30.3 Å². The highest BCUT2D eigenvalue weighted by Crippen LogP contribution is 2.14. The number of ether oxygens (including phenoxy) is 1. The highest BCUT2D eigenvalue weighted by atomic mass is 16.5. The fourth-order valence-corrected chi connectivity index (χ4v) is 1.88. The van der Waals surface area contributed by atoms with Gasteiger partial charge < -0.3 is 15.0 Å². The van der Waals surface area contributed by atoms with E-state index in [9.17, 15) is 0 Å². The number of nitrogens with one attached hydrogen (secondary N) is 1. The zero-order chi connectivity index (χ0) is 15.1. The molecular weight excluding hydrogens is 252 g/mol. The summed E-state index contributed by atoms with van der Waals surface area (Å²) in [6, 6.07) is 0.812. The SMILES string of the molecule is COCCN(c1ncc(CNC(C)C)c(C)n1)C(C)C. The molecule has 0 saturated heterocycles. The van der Waals surface area contributed by atoms with E-state index in [1.54, 1.807) is 7.11 Å². The van der Waals surface area contributed by atoms with Crippen molar-refractivity contribution in [1.82, 2.24) is 15.3 Å². The van der Waals surface area contributed by atoms with Gasteiger partial charge in [-0.1, -0.05) is 13.8 Å². The molecule has 114 valence electrons. The Balaban J connectivity index is 2.82. The van der Waals surface area contributed by atoms with E-state index in [-0.39, 0.29) is 0 Å². The molecule has 1 aromatic rings. The Morgan fingerprint density at radius 2 is 2.00 bits per heavy atom. The second-order valence-corrected chi connectivity index (χ2v) is 5.60. The molecule has 5 heteroatoms. The number of methoxy groups -OCH3 is 1. The summed E-state index contributed by atoms with van der Waals surface area (Å²) in [5, 5.41) is 3.39. The predicted octanol–water partition coefficient (Wildman–Crippen LogP) is 2.14. The van der Waals surface area contributed by atoms with Crippen molar-refractivity contribution in [1.29, 1.82) is 0 Å². The van der Waals surface area contributed by atoms with Crippen LogP contribution in [0.4, 0.5) is 5.95 Å². The molecule has 5 nitrogen and oxygen atoms in total. The second-order valence-electron chi connectivity index (χ2n) is 5.60. The van der Waals surface area contributed by atoms with Crippen LogP contribution >= 0.6 is 0 Å². The van der Waals surface area contributed by atoms with Crippen LogP contribution in [0, 0.1) is 6.92 Å². The third-order valence-electron chi connectivity index (χ3n) is 3.19. The molecular formula is C15H28N4O. The Bertz CT molecular complexity index is 407. The molecule has 1 heterocycles. The maximum absolute atomic E-state index is 5.16. The summed E-state index contributed by atoms with van der Waals surface area (Å²) < 4.78 is 5.16. The molecule has 0 aliphatic rings. The summed E-state index contributed by atoms with van der Waals surface area (Å²) in [7, 11) is 1.71. The zero-order valence-corrected chi connectivity index (χ0v) is 13.6. The number of hydrogen-bond acceptors (Lipinski definition) is 5. The first kappa shape index (κ1) is 16.9. The standard InChI is InChI=1S/C15H28N4O/c1-11(2)16-9-14-10-17-15(18-13(14)5)19(12(3)4)7-8-20-6/h10-12,16H,7-9H2,1-6H3. The van der Waals surface area contributed by atoms with Crippen LogP contribution in [0.5, 0.6) is 0 Å². The molecule has 0 amide bonds. The number of aryl methyl sites for hydroxylation is 1. The van der Waals surface area contributed by atoms with Crippen molar-refractivity contribution in [3.05, 3.63) is 17.5 Å². The van der Waals surface area contributed by atoms with Crippen molar-refractivity contribution < 1.29 is 4.74 Å². The van der Waals surface area contributed by atoms with Crippen LogP contribution in [0.15, 0.2) is 6.20 Å². The summed E-state index contributed by atoms with van der Waals surface area (Å²) in [5.74, 6) is 0.780. The molecule has 1 aromatic heterocycles. The molecule has 20 heavy (non-hydrogen) atoms. The minimum atomic E-state index is 0.351. The van der Waals surface area contributed by atoms with Crippen LogP contribution < -0.4 is 10.2 Å². The molecule has 0 fully saturated rings. The van der Waals surface area contributed by atoms with E-state index in [1.807, 2.05) is 13.1 Å². The minimum Gasteiger partial charge on any atom is -0.383 e. The van der Waals surface area contributed by atoms with Gasteiger partial charge in [-0.25, -0.2) is 9.97 Å². The number of rotatable bonds is 8. The Morgan fingerprint density at radius 1 is 1.30 bits per heavy atom. The van der Waals surface area contributed by atoms with E-state index in [4.69, 9.17) is 4.74 Å². The lowest BCUT2D eigenvalue weighted by atomic mass is 10.2. The molecule has 0 radical (unpaired) electrons. The van der Waals surface area contributed by atoms with Gasteiger partial charge in [0.05, 0.1) is 6.61 Å².